The van der Waals surface area contributed by atoms with E-state index in [4.69, 9.17) is 11.6 Å². The highest BCUT2D eigenvalue weighted by atomic mass is 35.5. The molecule has 0 N–H and O–H groups in total. The van der Waals surface area contributed by atoms with Crippen molar-refractivity contribution >= 4 is 23.3 Å². The number of ether oxygens (including phenoxy) is 1. The highest BCUT2D eigenvalue weighted by Crippen LogP contribution is 2.29. The third kappa shape index (κ3) is 2.59. The fourth-order valence-corrected chi connectivity index (χ4v) is 2.07. The number of nitro benzene ring substituents is 1. The van der Waals surface area contributed by atoms with Gasteiger partial charge in [-0.25, -0.2) is 9.48 Å². The van der Waals surface area contributed by atoms with Crippen molar-refractivity contribution in [3.05, 3.63) is 50.3 Å². The minimum atomic E-state index is -0.584. The number of benzene rings is 1. The first-order valence-electron chi connectivity index (χ1n) is 5.95. The van der Waals surface area contributed by atoms with Crippen LogP contribution in [-0.2, 0) is 4.74 Å². The van der Waals surface area contributed by atoms with Gasteiger partial charge in [-0.05, 0) is 26.0 Å². The summed E-state index contributed by atoms with van der Waals surface area (Å²) in [5, 5.41) is 15.8. The Morgan fingerprint density at radius 2 is 2.10 bits per heavy atom. The lowest BCUT2D eigenvalue weighted by atomic mass is 10.1. The lowest BCUT2D eigenvalue weighted by molar-refractivity contribution is -0.384. The molecule has 0 aliphatic carbocycles. The van der Waals surface area contributed by atoms with Gasteiger partial charge in [-0.15, -0.1) is 0 Å². The summed E-state index contributed by atoms with van der Waals surface area (Å²) in [6.07, 6.45) is 0. The number of methoxy groups -OCH3 is 1. The van der Waals surface area contributed by atoms with Crippen LogP contribution in [0, 0.1) is 24.0 Å². The van der Waals surface area contributed by atoms with E-state index in [2.05, 4.69) is 9.84 Å². The fourth-order valence-electron chi connectivity index (χ4n) is 1.95. The number of carbonyl (C=O) groups excluding carboxylic acids is 1. The van der Waals surface area contributed by atoms with Crippen molar-refractivity contribution in [1.29, 1.82) is 0 Å². The van der Waals surface area contributed by atoms with Crippen LogP contribution < -0.4 is 0 Å². The van der Waals surface area contributed by atoms with Gasteiger partial charge in [0.2, 0.25) is 0 Å². The molecule has 0 saturated carbocycles. The molecular weight excluding hydrogens is 298 g/mol. The zero-order valence-electron chi connectivity index (χ0n) is 11.6. The summed E-state index contributed by atoms with van der Waals surface area (Å²) in [6, 6.07) is 3.94. The first kappa shape index (κ1) is 15.0. The normalized spacial score (nSPS) is 10.5. The van der Waals surface area contributed by atoms with Crippen molar-refractivity contribution in [2.24, 2.45) is 0 Å². The van der Waals surface area contributed by atoms with E-state index < -0.39 is 10.9 Å². The van der Waals surface area contributed by atoms with Gasteiger partial charge in [0.05, 0.1) is 34.0 Å². The van der Waals surface area contributed by atoms with E-state index in [0.717, 1.165) is 0 Å². The van der Waals surface area contributed by atoms with Crippen LogP contribution in [0.2, 0.25) is 5.02 Å². The van der Waals surface area contributed by atoms with Crippen molar-refractivity contribution in [3.63, 3.8) is 0 Å². The van der Waals surface area contributed by atoms with Crippen LogP contribution in [0.15, 0.2) is 18.2 Å². The molecule has 110 valence electrons. The number of nitro groups is 1. The molecule has 0 saturated heterocycles. The van der Waals surface area contributed by atoms with E-state index in [0.29, 0.717) is 16.4 Å². The van der Waals surface area contributed by atoms with E-state index in [1.165, 1.54) is 30.0 Å². The smallest absolute Gasteiger partial charge is 0.337 e. The monoisotopic (exact) mass is 309 g/mol. The first-order chi connectivity index (χ1) is 9.86. The molecule has 0 unspecified atom stereocenters. The zero-order valence-corrected chi connectivity index (χ0v) is 12.3. The van der Waals surface area contributed by atoms with Gasteiger partial charge >= 0.3 is 5.97 Å². The Balaban J connectivity index is 2.71. The number of carbonyl (C=O) groups is 1. The van der Waals surface area contributed by atoms with Crippen LogP contribution in [0.3, 0.4) is 0 Å². The lowest BCUT2D eigenvalue weighted by Crippen LogP contribution is -2.07. The summed E-state index contributed by atoms with van der Waals surface area (Å²) >= 11 is 6.06. The van der Waals surface area contributed by atoms with Gasteiger partial charge < -0.3 is 4.74 Å². The number of aryl methyl sites for hydroxylation is 1. The average molecular weight is 310 g/mol. The van der Waals surface area contributed by atoms with E-state index >= 15 is 0 Å². The molecule has 2 aromatic rings. The molecule has 0 aliphatic rings. The average Bonchev–Trinajstić information content (AvgIpc) is 2.73. The fraction of sp³-hybridized carbons (Fsp3) is 0.231. The molecule has 0 radical (unpaired) electrons. The molecule has 0 aliphatic heterocycles. The standard InChI is InChI=1S/C13H12ClN3O4/c1-7-12(14)8(2)16(15-7)11-6-9(13(18)21-3)4-5-10(11)17(19)20/h4-6H,1-3H3. The maximum absolute atomic E-state index is 11.6. The second-order valence-electron chi connectivity index (χ2n) is 4.35. The molecule has 0 spiro atoms. The molecular formula is C13H12ClN3O4. The molecule has 1 aromatic heterocycles. The molecule has 1 heterocycles. The van der Waals surface area contributed by atoms with Crippen LogP contribution in [-0.4, -0.2) is 27.8 Å². The number of aromatic nitrogens is 2. The Bertz CT molecular complexity index is 739. The number of nitrogens with zero attached hydrogens (tertiary/aromatic N) is 3. The topological polar surface area (TPSA) is 87.3 Å². The van der Waals surface area contributed by atoms with Gasteiger partial charge in [0.25, 0.3) is 5.69 Å². The van der Waals surface area contributed by atoms with Crippen molar-refractivity contribution in [2.75, 3.05) is 7.11 Å². The minimum Gasteiger partial charge on any atom is -0.465 e. The highest BCUT2D eigenvalue weighted by Gasteiger charge is 2.22. The summed E-state index contributed by atoms with van der Waals surface area (Å²) in [5.41, 5.74) is 1.29. The highest BCUT2D eigenvalue weighted by molar-refractivity contribution is 6.31. The molecule has 0 amide bonds. The number of hydrogen-bond acceptors (Lipinski definition) is 5. The van der Waals surface area contributed by atoms with E-state index in [-0.39, 0.29) is 16.9 Å². The molecule has 7 nitrogen and oxygen atoms in total. The quantitative estimate of drug-likeness (QED) is 0.494. The van der Waals surface area contributed by atoms with E-state index in [1.807, 2.05) is 0 Å². The molecule has 2 rings (SSSR count). The van der Waals surface area contributed by atoms with Crippen LogP contribution in [0.1, 0.15) is 21.7 Å². The zero-order chi connectivity index (χ0) is 15.7. The van der Waals surface area contributed by atoms with Gasteiger partial charge in [0.1, 0.15) is 5.69 Å². The third-order valence-corrected chi connectivity index (χ3v) is 3.57. The van der Waals surface area contributed by atoms with Crippen molar-refractivity contribution < 1.29 is 14.5 Å². The predicted octanol–water partition coefficient (Wildman–Crippen LogP) is 2.84. The lowest BCUT2D eigenvalue weighted by Gasteiger charge is -2.07. The maximum atomic E-state index is 11.6. The first-order valence-corrected chi connectivity index (χ1v) is 6.33. The Morgan fingerprint density at radius 1 is 1.43 bits per heavy atom. The largest absolute Gasteiger partial charge is 0.465 e. The Hall–Kier alpha value is -2.41. The molecule has 1 aromatic carbocycles. The second kappa shape index (κ2) is 5.53. The van der Waals surface area contributed by atoms with Crippen LogP contribution in [0.25, 0.3) is 5.69 Å². The van der Waals surface area contributed by atoms with Crippen LogP contribution >= 0.6 is 11.6 Å². The summed E-state index contributed by atoms with van der Waals surface area (Å²) in [6.45, 7) is 3.39. The maximum Gasteiger partial charge on any atom is 0.337 e. The Morgan fingerprint density at radius 3 is 2.57 bits per heavy atom. The van der Waals surface area contributed by atoms with E-state index in [9.17, 15) is 14.9 Å². The second-order valence-corrected chi connectivity index (χ2v) is 4.73. The number of rotatable bonds is 3. The van der Waals surface area contributed by atoms with Gasteiger partial charge in [0.15, 0.2) is 0 Å². The SMILES string of the molecule is COC(=O)c1ccc([N+](=O)[O-])c(-n2nc(C)c(Cl)c2C)c1. The molecule has 0 fully saturated rings. The molecule has 0 atom stereocenters. The molecule has 8 heteroatoms. The Labute approximate surface area is 125 Å². The predicted molar refractivity (Wildman–Crippen MR) is 76.0 cm³/mol. The summed E-state index contributed by atoms with van der Waals surface area (Å²) in [5.74, 6) is -0.584. The molecule has 0 bridgehead atoms. The molecule has 21 heavy (non-hydrogen) atoms. The van der Waals surface area contributed by atoms with Gasteiger partial charge in [-0.2, -0.15) is 5.10 Å². The van der Waals surface area contributed by atoms with Gasteiger partial charge in [-0.1, -0.05) is 11.6 Å². The third-order valence-electron chi connectivity index (χ3n) is 3.02. The number of esters is 1. The summed E-state index contributed by atoms with van der Waals surface area (Å²) in [7, 11) is 1.24. The van der Waals surface area contributed by atoms with Gasteiger partial charge in [-0.3, -0.25) is 10.1 Å². The van der Waals surface area contributed by atoms with Gasteiger partial charge in [0, 0.05) is 6.07 Å². The number of hydrogen-bond donors (Lipinski definition) is 0. The number of halogens is 1. The summed E-state index contributed by atoms with van der Waals surface area (Å²) < 4.78 is 5.97. The van der Waals surface area contributed by atoms with Crippen LogP contribution in [0.5, 0.6) is 0 Å². The van der Waals surface area contributed by atoms with Crippen molar-refractivity contribution in [1.82, 2.24) is 9.78 Å². The van der Waals surface area contributed by atoms with Crippen molar-refractivity contribution in [3.8, 4) is 5.69 Å². The van der Waals surface area contributed by atoms with Crippen molar-refractivity contribution in [2.45, 2.75) is 13.8 Å². The Kier molecular flexibility index (Phi) is 3.95. The summed E-state index contributed by atoms with van der Waals surface area (Å²) in [4.78, 5) is 22.2. The minimum absolute atomic E-state index is 0.162. The van der Waals surface area contributed by atoms with Crippen LogP contribution in [0.4, 0.5) is 5.69 Å². The van der Waals surface area contributed by atoms with E-state index in [1.54, 1.807) is 13.8 Å².